The highest BCUT2D eigenvalue weighted by molar-refractivity contribution is 9.10. The summed E-state index contributed by atoms with van der Waals surface area (Å²) in [4.78, 5) is 40.9. The van der Waals surface area contributed by atoms with E-state index in [0.717, 1.165) is 15.6 Å². The van der Waals surface area contributed by atoms with Crippen molar-refractivity contribution in [3.8, 4) is 0 Å². The molecule has 7 heteroatoms. The summed E-state index contributed by atoms with van der Waals surface area (Å²) in [5.74, 6) is -0.415. The Morgan fingerprint density at radius 1 is 1.28 bits per heavy atom. The van der Waals surface area contributed by atoms with Crippen LogP contribution in [0.3, 0.4) is 0 Å². The number of rotatable bonds is 5. The molecule has 2 amide bonds. The van der Waals surface area contributed by atoms with E-state index in [1.807, 2.05) is 36.4 Å². The average Bonchev–Trinajstić information content (AvgIpc) is 3.02. The number of amides is 2. The van der Waals surface area contributed by atoms with E-state index in [4.69, 9.17) is 0 Å². The van der Waals surface area contributed by atoms with Crippen LogP contribution in [0.25, 0.3) is 0 Å². The third kappa shape index (κ3) is 3.72. The quantitative estimate of drug-likeness (QED) is 0.703. The number of aldehydes is 1. The summed E-state index contributed by atoms with van der Waals surface area (Å²) in [5.41, 5.74) is 2.70. The van der Waals surface area contributed by atoms with Gasteiger partial charge in [-0.2, -0.15) is 0 Å². The van der Waals surface area contributed by atoms with E-state index in [-0.39, 0.29) is 18.0 Å². The van der Waals surface area contributed by atoms with Crippen molar-refractivity contribution in [2.24, 2.45) is 0 Å². The van der Waals surface area contributed by atoms with Gasteiger partial charge in [0.2, 0.25) is 5.91 Å². The summed E-state index contributed by atoms with van der Waals surface area (Å²) in [6, 6.07) is 14.5. The fourth-order valence-corrected chi connectivity index (χ4v) is 4.65. The SMILES string of the molecule is C[C@@H](C=O)NC(=O)C1CCN(Cc2cccc(Br)c2)[C@H]2c3ccccc3C(=O)N12. The first kappa shape index (κ1) is 19.8. The predicted molar refractivity (Wildman–Crippen MR) is 112 cm³/mol. The van der Waals surface area contributed by atoms with E-state index < -0.39 is 12.1 Å². The number of nitrogens with zero attached hydrogens (tertiary/aromatic N) is 2. The molecule has 150 valence electrons. The van der Waals surface area contributed by atoms with Gasteiger partial charge in [0.25, 0.3) is 5.91 Å². The lowest BCUT2D eigenvalue weighted by atomic mass is 10.0. The molecule has 4 rings (SSSR count). The maximum atomic E-state index is 13.2. The summed E-state index contributed by atoms with van der Waals surface area (Å²) in [6.45, 7) is 2.97. The Hall–Kier alpha value is -2.51. The molecule has 2 aromatic rings. The van der Waals surface area contributed by atoms with Gasteiger partial charge in [0.1, 0.15) is 18.5 Å². The molecule has 0 aliphatic carbocycles. The van der Waals surface area contributed by atoms with Crippen LogP contribution >= 0.6 is 15.9 Å². The fourth-order valence-electron chi connectivity index (χ4n) is 4.20. The van der Waals surface area contributed by atoms with Crippen molar-refractivity contribution in [2.45, 2.75) is 38.1 Å². The first-order chi connectivity index (χ1) is 14.0. The number of carbonyl (C=O) groups is 3. The minimum Gasteiger partial charge on any atom is -0.345 e. The maximum absolute atomic E-state index is 13.2. The normalized spacial score (nSPS) is 22.0. The zero-order chi connectivity index (χ0) is 20.5. The Labute approximate surface area is 178 Å². The summed E-state index contributed by atoms with van der Waals surface area (Å²) in [5, 5.41) is 2.71. The van der Waals surface area contributed by atoms with Gasteiger partial charge in [0, 0.05) is 28.7 Å². The van der Waals surface area contributed by atoms with E-state index in [9.17, 15) is 14.4 Å². The molecular formula is C22H22BrN3O3. The van der Waals surface area contributed by atoms with Crippen molar-refractivity contribution in [2.75, 3.05) is 6.54 Å². The molecule has 0 bridgehead atoms. The van der Waals surface area contributed by atoms with Crippen molar-refractivity contribution in [3.63, 3.8) is 0 Å². The highest BCUT2D eigenvalue weighted by atomic mass is 79.9. The van der Waals surface area contributed by atoms with Crippen molar-refractivity contribution >= 4 is 34.0 Å². The number of hydrogen-bond donors (Lipinski definition) is 1. The Morgan fingerprint density at radius 3 is 2.83 bits per heavy atom. The van der Waals surface area contributed by atoms with Gasteiger partial charge in [-0.3, -0.25) is 14.5 Å². The Kier molecular flexibility index (Phi) is 5.52. The number of benzene rings is 2. The molecular weight excluding hydrogens is 434 g/mol. The Balaban J connectivity index is 1.67. The number of carbonyl (C=O) groups excluding carboxylic acids is 3. The lowest BCUT2D eigenvalue weighted by Gasteiger charge is -2.44. The van der Waals surface area contributed by atoms with Crippen LogP contribution in [0.15, 0.2) is 53.0 Å². The van der Waals surface area contributed by atoms with Crippen LogP contribution in [0.1, 0.15) is 41.0 Å². The number of halogens is 1. The second-order valence-electron chi connectivity index (χ2n) is 7.51. The molecule has 1 fully saturated rings. The van der Waals surface area contributed by atoms with E-state index in [1.54, 1.807) is 11.8 Å². The predicted octanol–water partition coefficient (Wildman–Crippen LogP) is 2.88. The van der Waals surface area contributed by atoms with Crippen LogP contribution < -0.4 is 5.32 Å². The van der Waals surface area contributed by atoms with Gasteiger partial charge in [-0.05, 0) is 37.1 Å². The Bertz CT molecular complexity index is 964. The van der Waals surface area contributed by atoms with Crippen molar-refractivity contribution in [1.82, 2.24) is 15.1 Å². The van der Waals surface area contributed by atoms with Gasteiger partial charge in [-0.15, -0.1) is 0 Å². The van der Waals surface area contributed by atoms with Gasteiger partial charge < -0.3 is 15.0 Å². The summed E-state index contributed by atoms with van der Waals surface area (Å²) < 4.78 is 1.01. The molecule has 1 unspecified atom stereocenters. The van der Waals surface area contributed by atoms with E-state index in [1.165, 1.54) is 0 Å². The Morgan fingerprint density at radius 2 is 2.07 bits per heavy atom. The van der Waals surface area contributed by atoms with Gasteiger partial charge >= 0.3 is 0 Å². The molecule has 29 heavy (non-hydrogen) atoms. The van der Waals surface area contributed by atoms with E-state index in [2.05, 4.69) is 38.3 Å². The van der Waals surface area contributed by atoms with Crippen LogP contribution in [0.2, 0.25) is 0 Å². The molecule has 0 aromatic heterocycles. The lowest BCUT2D eigenvalue weighted by molar-refractivity contribution is -0.132. The van der Waals surface area contributed by atoms with Gasteiger partial charge in [0.15, 0.2) is 0 Å². The molecule has 1 saturated heterocycles. The topological polar surface area (TPSA) is 69.7 Å². The van der Waals surface area contributed by atoms with Gasteiger partial charge in [0.05, 0.1) is 6.04 Å². The molecule has 2 aliphatic rings. The largest absolute Gasteiger partial charge is 0.345 e. The molecule has 2 aromatic carbocycles. The van der Waals surface area contributed by atoms with Crippen LogP contribution in [-0.2, 0) is 16.1 Å². The molecule has 2 heterocycles. The van der Waals surface area contributed by atoms with Crippen LogP contribution in [-0.4, -0.2) is 46.5 Å². The average molecular weight is 456 g/mol. The van der Waals surface area contributed by atoms with E-state index in [0.29, 0.717) is 31.4 Å². The minimum absolute atomic E-state index is 0.136. The van der Waals surface area contributed by atoms with Crippen LogP contribution in [0.5, 0.6) is 0 Å². The summed E-state index contributed by atoms with van der Waals surface area (Å²) >= 11 is 3.51. The third-order valence-electron chi connectivity index (χ3n) is 5.49. The van der Waals surface area contributed by atoms with Gasteiger partial charge in [-0.25, -0.2) is 0 Å². The van der Waals surface area contributed by atoms with E-state index >= 15 is 0 Å². The molecule has 6 nitrogen and oxygen atoms in total. The fraction of sp³-hybridized carbons (Fsp3) is 0.318. The monoisotopic (exact) mass is 455 g/mol. The third-order valence-corrected chi connectivity index (χ3v) is 5.98. The number of hydrogen-bond acceptors (Lipinski definition) is 4. The highest BCUT2D eigenvalue weighted by Gasteiger charge is 2.48. The second-order valence-corrected chi connectivity index (χ2v) is 8.43. The second kappa shape index (κ2) is 8.08. The molecule has 0 radical (unpaired) electrons. The summed E-state index contributed by atoms with van der Waals surface area (Å²) in [6.07, 6.45) is 0.911. The maximum Gasteiger partial charge on any atom is 0.256 e. The number of fused-ring (bicyclic) bond motifs is 3. The van der Waals surface area contributed by atoms with Crippen molar-refractivity contribution in [3.05, 3.63) is 69.7 Å². The number of nitrogens with one attached hydrogen (secondary N) is 1. The first-order valence-corrected chi connectivity index (χ1v) is 10.4. The lowest BCUT2D eigenvalue weighted by Crippen LogP contribution is -2.57. The zero-order valence-corrected chi connectivity index (χ0v) is 17.6. The first-order valence-electron chi connectivity index (χ1n) is 9.65. The molecule has 0 spiro atoms. The molecule has 0 saturated carbocycles. The zero-order valence-electron chi connectivity index (χ0n) is 16.0. The van der Waals surface area contributed by atoms with Crippen LogP contribution in [0.4, 0.5) is 0 Å². The van der Waals surface area contributed by atoms with Crippen molar-refractivity contribution in [1.29, 1.82) is 0 Å². The standard InChI is InChI=1S/C22H22BrN3O3/c1-14(13-27)24-20(28)19-9-10-25(12-15-5-4-6-16(23)11-15)21-17-7-2-3-8-18(17)22(29)26(19)21/h2-8,11,13-14,19,21H,9-10,12H2,1H3,(H,24,28)/t14-,19?,21+/m0/s1. The molecule has 1 N–H and O–H groups in total. The van der Waals surface area contributed by atoms with Crippen LogP contribution in [0, 0.1) is 0 Å². The van der Waals surface area contributed by atoms with Crippen molar-refractivity contribution < 1.29 is 14.4 Å². The summed E-state index contributed by atoms with van der Waals surface area (Å²) in [7, 11) is 0. The smallest absolute Gasteiger partial charge is 0.256 e. The molecule has 3 atom stereocenters. The minimum atomic E-state index is -0.596. The highest BCUT2D eigenvalue weighted by Crippen LogP contribution is 2.41. The molecule has 2 aliphatic heterocycles. The van der Waals surface area contributed by atoms with Gasteiger partial charge in [-0.1, -0.05) is 46.3 Å².